The summed E-state index contributed by atoms with van der Waals surface area (Å²) in [6, 6.07) is 8.18. The minimum absolute atomic E-state index is 0.241. The summed E-state index contributed by atoms with van der Waals surface area (Å²) in [6.45, 7) is 0. The molecule has 1 fully saturated rings. The minimum atomic E-state index is 0.241. The highest BCUT2D eigenvalue weighted by atomic mass is 15.2. The lowest BCUT2D eigenvalue weighted by atomic mass is 10.0. The van der Waals surface area contributed by atoms with Gasteiger partial charge in [-0.25, -0.2) is 0 Å². The monoisotopic (exact) mass is 176 g/mol. The molecular weight excluding hydrogens is 160 g/mol. The predicted octanol–water partition coefficient (Wildman–Crippen LogP) is 1.82. The molecule has 2 nitrogen and oxygen atoms in total. The van der Waals surface area contributed by atoms with Crippen molar-refractivity contribution < 1.29 is 0 Å². The Morgan fingerprint density at radius 1 is 1.23 bits per heavy atom. The summed E-state index contributed by atoms with van der Waals surface area (Å²) >= 11 is 0. The first kappa shape index (κ1) is 8.57. The van der Waals surface area contributed by atoms with Gasteiger partial charge in [0.05, 0.1) is 0 Å². The molecule has 2 N–H and O–H groups in total. The maximum absolute atomic E-state index is 5.96. The van der Waals surface area contributed by atoms with Crippen LogP contribution in [0.4, 0.5) is 5.69 Å². The smallest absolute Gasteiger partial charge is 0.0476 e. The first-order chi connectivity index (χ1) is 6.17. The molecule has 0 atom stereocenters. The maximum Gasteiger partial charge on any atom is 0.0476 e. The van der Waals surface area contributed by atoms with Gasteiger partial charge in [0.15, 0.2) is 0 Å². The van der Waals surface area contributed by atoms with E-state index in [9.17, 15) is 0 Å². The molecule has 70 valence electrons. The standard InChI is InChI=1S/C11H16N2/c1-13(2)11(7-8-11)9-5-3-4-6-10(9)12/h3-6H,7-8,12H2,1-2H3. The second-order valence-electron chi connectivity index (χ2n) is 4.01. The first-order valence-corrected chi connectivity index (χ1v) is 4.69. The summed E-state index contributed by atoms with van der Waals surface area (Å²) in [5.41, 5.74) is 8.42. The van der Waals surface area contributed by atoms with Gasteiger partial charge in [0.25, 0.3) is 0 Å². The Labute approximate surface area is 79.4 Å². The van der Waals surface area contributed by atoms with E-state index in [1.54, 1.807) is 0 Å². The summed E-state index contributed by atoms with van der Waals surface area (Å²) in [4.78, 5) is 2.28. The van der Waals surface area contributed by atoms with E-state index in [1.807, 2.05) is 12.1 Å². The van der Waals surface area contributed by atoms with Crippen molar-refractivity contribution in [2.75, 3.05) is 19.8 Å². The molecule has 0 aliphatic heterocycles. The third-order valence-electron chi connectivity index (χ3n) is 3.04. The lowest BCUT2D eigenvalue weighted by Crippen LogP contribution is -2.28. The van der Waals surface area contributed by atoms with Gasteiger partial charge in [-0.05, 0) is 38.6 Å². The Bertz CT molecular complexity index is 314. The van der Waals surface area contributed by atoms with Gasteiger partial charge in [0.1, 0.15) is 0 Å². The molecule has 0 spiro atoms. The number of nitrogens with zero attached hydrogens (tertiary/aromatic N) is 1. The Balaban J connectivity index is 2.41. The molecule has 0 aromatic heterocycles. The van der Waals surface area contributed by atoms with Crippen LogP contribution in [0.15, 0.2) is 24.3 Å². The molecule has 0 radical (unpaired) electrons. The molecule has 0 heterocycles. The number of hydrogen-bond donors (Lipinski definition) is 1. The number of benzene rings is 1. The van der Waals surface area contributed by atoms with Gasteiger partial charge in [0.2, 0.25) is 0 Å². The van der Waals surface area contributed by atoms with Gasteiger partial charge in [-0.15, -0.1) is 0 Å². The molecular formula is C11H16N2. The van der Waals surface area contributed by atoms with Crippen molar-refractivity contribution in [3.8, 4) is 0 Å². The van der Waals surface area contributed by atoms with Gasteiger partial charge >= 0.3 is 0 Å². The normalized spacial score (nSPS) is 19.0. The van der Waals surface area contributed by atoms with E-state index in [4.69, 9.17) is 5.73 Å². The van der Waals surface area contributed by atoms with Crippen LogP contribution in [-0.2, 0) is 5.54 Å². The van der Waals surface area contributed by atoms with Crippen molar-refractivity contribution in [2.45, 2.75) is 18.4 Å². The highest BCUT2D eigenvalue weighted by Gasteiger charge is 2.47. The molecule has 13 heavy (non-hydrogen) atoms. The van der Waals surface area contributed by atoms with Crippen LogP contribution in [0.5, 0.6) is 0 Å². The lowest BCUT2D eigenvalue weighted by Gasteiger charge is -2.25. The van der Waals surface area contributed by atoms with Crippen molar-refractivity contribution in [3.05, 3.63) is 29.8 Å². The van der Waals surface area contributed by atoms with E-state index >= 15 is 0 Å². The molecule has 2 rings (SSSR count). The van der Waals surface area contributed by atoms with Gasteiger partial charge in [-0.3, -0.25) is 4.90 Å². The number of nitrogens with two attached hydrogens (primary N) is 1. The Kier molecular flexibility index (Phi) is 1.81. The molecule has 0 bridgehead atoms. The van der Waals surface area contributed by atoms with E-state index in [2.05, 4.69) is 31.1 Å². The fourth-order valence-electron chi connectivity index (χ4n) is 2.00. The molecule has 0 unspecified atom stereocenters. The predicted molar refractivity (Wildman–Crippen MR) is 55.5 cm³/mol. The SMILES string of the molecule is CN(C)C1(c2ccccc2N)CC1. The van der Waals surface area contributed by atoms with Crippen LogP contribution in [0.25, 0.3) is 0 Å². The van der Waals surface area contributed by atoms with Crippen molar-refractivity contribution in [1.82, 2.24) is 4.90 Å². The third kappa shape index (κ3) is 1.22. The van der Waals surface area contributed by atoms with Crippen molar-refractivity contribution in [3.63, 3.8) is 0 Å². The zero-order valence-corrected chi connectivity index (χ0v) is 8.25. The average molecular weight is 176 g/mol. The summed E-state index contributed by atoms with van der Waals surface area (Å²) in [6.07, 6.45) is 2.46. The number of rotatable bonds is 2. The zero-order valence-electron chi connectivity index (χ0n) is 8.25. The van der Waals surface area contributed by atoms with Gasteiger partial charge in [0, 0.05) is 11.2 Å². The van der Waals surface area contributed by atoms with Crippen LogP contribution in [0.1, 0.15) is 18.4 Å². The molecule has 2 heteroatoms. The quantitative estimate of drug-likeness (QED) is 0.696. The molecule has 0 saturated heterocycles. The number of anilines is 1. The summed E-state index contributed by atoms with van der Waals surface area (Å²) in [5, 5.41) is 0. The highest BCUT2D eigenvalue weighted by Crippen LogP contribution is 2.51. The molecule has 1 aliphatic rings. The summed E-state index contributed by atoms with van der Waals surface area (Å²) in [7, 11) is 4.25. The Morgan fingerprint density at radius 2 is 1.85 bits per heavy atom. The van der Waals surface area contributed by atoms with Crippen molar-refractivity contribution in [1.29, 1.82) is 0 Å². The van der Waals surface area contributed by atoms with Gasteiger partial charge in [-0.2, -0.15) is 0 Å². The van der Waals surface area contributed by atoms with Gasteiger partial charge in [-0.1, -0.05) is 18.2 Å². The van der Waals surface area contributed by atoms with Crippen LogP contribution in [0.3, 0.4) is 0 Å². The Morgan fingerprint density at radius 3 is 2.31 bits per heavy atom. The summed E-state index contributed by atoms with van der Waals surface area (Å²) < 4.78 is 0. The topological polar surface area (TPSA) is 29.3 Å². The van der Waals surface area contributed by atoms with E-state index in [0.717, 1.165) is 5.69 Å². The molecule has 1 aromatic carbocycles. The van der Waals surface area contributed by atoms with Crippen LogP contribution in [0, 0.1) is 0 Å². The fourth-order valence-corrected chi connectivity index (χ4v) is 2.00. The zero-order chi connectivity index (χ0) is 9.47. The molecule has 1 aliphatic carbocycles. The maximum atomic E-state index is 5.96. The van der Waals surface area contributed by atoms with Crippen molar-refractivity contribution in [2.24, 2.45) is 0 Å². The first-order valence-electron chi connectivity index (χ1n) is 4.69. The van der Waals surface area contributed by atoms with Crippen LogP contribution in [-0.4, -0.2) is 19.0 Å². The largest absolute Gasteiger partial charge is 0.398 e. The second kappa shape index (κ2) is 2.74. The molecule has 1 aromatic rings. The van der Waals surface area contributed by atoms with E-state index in [1.165, 1.54) is 18.4 Å². The molecule has 1 saturated carbocycles. The Hall–Kier alpha value is -1.02. The molecule has 0 amide bonds. The highest BCUT2D eigenvalue weighted by molar-refractivity contribution is 5.52. The van der Waals surface area contributed by atoms with E-state index in [-0.39, 0.29) is 5.54 Å². The number of hydrogen-bond acceptors (Lipinski definition) is 2. The van der Waals surface area contributed by atoms with Crippen molar-refractivity contribution >= 4 is 5.69 Å². The lowest BCUT2D eigenvalue weighted by molar-refractivity contribution is 0.276. The number of para-hydroxylation sites is 1. The van der Waals surface area contributed by atoms with Crippen LogP contribution < -0.4 is 5.73 Å². The average Bonchev–Trinajstić information content (AvgIpc) is 2.85. The third-order valence-corrected chi connectivity index (χ3v) is 3.04. The fraction of sp³-hybridized carbons (Fsp3) is 0.455. The van der Waals surface area contributed by atoms with E-state index < -0.39 is 0 Å². The van der Waals surface area contributed by atoms with Crippen LogP contribution >= 0.6 is 0 Å². The number of nitrogen functional groups attached to an aromatic ring is 1. The van der Waals surface area contributed by atoms with E-state index in [0.29, 0.717) is 0 Å². The summed E-state index contributed by atoms with van der Waals surface area (Å²) in [5.74, 6) is 0. The van der Waals surface area contributed by atoms with Crippen LogP contribution in [0.2, 0.25) is 0 Å². The van der Waals surface area contributed by atoms with Gasteiger partial charge < -0.3 is 5.73 Å². The second-order valence-corrected chi connectivity index (χ2v) is 4.01. The minimum Gasteiger partial charge on any atom is -0.398 e.